The summed E-state index contributed by atoms with van der Waals surface area (Å²) in [6.07, 6.45) is 0.843. The number of aliphatic hydroxyl groups excluding tert-OH is 2. The van der Waals surface area contributed by atoms with Gasteiger partial charge in [-0.25, -0.2) is 4.79 Å². The number of phenols is 1. The van der Waals surface area contributed by atoms with Crippen LogP contribution in [-0.4, -0.2) is 21.6 Å². The van der Waals surface area contributed by atoms with E-state index in [0.717, 1.165) is 5.56 Å². The van der Waals surface area contributed by atoms with Crippen molar-refractivity contribution in [1.82, 2.24) is 0 Å². The molecule has 2 atom stereocenters. The van der Waals surface area contributed by atoms with Crippen molar-refractivity contribution in [2.24, 2.45) is 0 Å². The van der Waals surface area contributed by atoms with Gasteiger partial charge in [0.05, 0.1) is 6.10 Å². The van der Waals surface area contributed by atoms with Crippen LogP contribution in [0.4, 0.5) is 0 Å². The fraction of sp³-hybridized carbons (Fsp3) is 0.188. The molecule has 0 amide bonds. The number of phenolic OH excluding ortho intramolecular Hbond substituents is 1. The number of hydrogen-bond donors (Lipinski definition) is 3. The van der Waals surface area contributed by atoms with Crippen molar-refractivity contribution in [2.45, 2.75) is 18.8 Å². The molecule has 0 saturated carbocycles. The summed E-state index contributed by atoms with van der Waals surface area (Å²) in [5.74, 6) is 0.454. The first-order chi connectivity index (χ1) is 10.5. The van der Waals surface area contributed by atoms with Crippen molar-refractivity contribution >= 4 is 12.2 Å². The van der Waals surface area contributed by atoms with E-state index in [1.165, 1.54) is 12.1 Å². The Morgan fingerprint density at radius 1 is 1.18 bits per heavy atom. The summed E-state index contributed by atoms with van der Waals surface area (Å²) in [7, 11) is 0. The van der Waals surface area contributed by atoms with Crippen molar-refractivity contribution in [2.75, 3.05) is 0 Å². The van der Waals surface area contributed by atoms with Crippen molar-refractivity contribution in [1.29, 1.82) is 0 Å². The number of aromatic hydroxyl groups is 1. The molecule has 6 nitrogen and oxygen atoms in total. The van der Waals surface area contributed by atoms with Crippen molar-refractivity contribution in [3.8, 4) is 11.5 Å². The van der Waals surface area contributed by atoms with Gasteiger partial charge in [-0.05, 0) is 23.8 Å². The van der Waals surface area contributed by atoms with Gasteiger partial charge in [-0.2, -0.15) is 0 Å². The Balaban J connectivity index is 1.94. The van der Waals surface area contributed by atoms with Crippen molar-refractivity contribution in [3.63, 3.8) is 0 Å². The molecular weight excluding hydrogens is 288 g/mol. The summed E-state index contributed by atoms with van der Waals surface area (Å²) in [6, 6.07) is 8.00. The molecule has 0 bridgehead atoms. The fourth-order valence-electron chi connectivity index (χ4n) is 2.29. The van der Waals surface area contributed by atoms with Gasteiger partial charge in [0, 0.05) is 12.5 Å². The molecule has 0 aliphatic carbocycles. The molecule has 1 aliphatic rings. The third-order valence-electron chi connectivity index (χ3n) is 3.30. The normalized spacial score (nSPS) is 20.6. The molecule has 6 heteroatoms. The first-order valence-corrected chi connectivity index (χ1v) is 6.71. The van der Waals surface area contributed by atoms with Gasteiger partial charge in [-0.1, -0.05) is 18.2 Å². The standard InChI is InChI=1S/C16H14O6/c17-10-3-1-2-9(6-10)4-5-11-7-13-15(16(20)21-11)12(18)8-14(19)22-13/h1-7,12,14,17-19H,8H2/b5-4+/t12-,14+/m0/s1. The Bertz CT molecular complexity index is 776. The third kappa shape index (κ3) is 2.88. The molecule has 22 heavy (non-hydrogen) atoms. The minimum Gasteiger partial charge on any atom is -0.508 e. The van der Waals surface area contributed by atoms with Crippen LogP contribution in [0.2, 0.25) is 0 Å². The summed E-state index contributed by atoms with van der Waals surface area (Å²) in [5.41, 5.74) is 0.0358. The minimum atomic E-state index is -1.16. The number of hydrogen-bond acceptors (Lipinski definition) is 6. The van der Waals surface area contributed by atoms with Crippen LogP contribution in [0.25, 0.3) is 12.2 Å². The molecular formula is C16H14O6. The first kappa shape index (κ1) is 14.4. The van der Waals surface area contributed by atoms with Crippen molar-refractivity contribution < 1.29 is 24.5 Å². The average molecular weight is 302 g/mol. The quantitative estimate of drug-likeness (QED) is 0.780. The summed E-state index contributed by atoms with van der Waals surface area (Å²) in [4.78, 5) is 11.9. The summed E-state index contributed by atoms with van der Waals surface area (Å²) >= 11 is 0. The fourth-order valence-corrected chi connectivity index (χ4v) is 2.29. The van der Waals surface area contributed by atoms with Gasteiger partial charge in [0.2, 0.25) is 0 Å². The highest BCUT2D eigenvalue weighted by Gasteiger charge is 2.29. The molecule has 3 rings (SSSR count). The van der Waals surface area contributed by atoms with Crippen LogP contribution in [0.1, 0.15) is 29.4 Å². The minimum absolute atomic E-state index is 0.0137. The molecule has 2 heterocycles. The summed E-state index contributed by atoms with van der Waals surface area (Å²) < 4.78 is 10.3. The third-order valence-corrected chi connectivity index (χ3v) is 3.30. The molecule has 2 aromatic rings. The van der Waals surface area contributed by atoms with E-state index in [1.54, 1.807) is 30.3 Å². The summed E-state index contributed by atoms with van der Waals surface area (Å²) in [6.45, 7) is 0. The molecule has 0 unspecified atom stereocenters. The number of rotatable bonds is 2. The van der Waals surface area contributed by atoms with E-state index in [4.69, 9.17) is 9.15 Å². The van der Waals surface area contributed by atoms with E-state index in [1.807, 2.05) is 0 Å². The number of aliphatic hydroxyl groups is 2. The van der Waals surface area contributed by atoms with Crippen LogP contribution in [0.3, 0.4) is 0 Å². The molecule has 1 aromatic carbocycles. The Labute approximate surface area is 125 Å². The molecule has 0 saturated heterocycles. The SMILES string of the molecule is O=c1oc(/C=C/c2cccc(O)c2)cc2c1[C@@H](O)C[C@H](O)O2. The van der Waals surface area contributed by atoms with Gasteiger partial charge in [0.15, 0.2) is 6.29 Å². The number of ether oxygens (including phenoxy) is 1. The van der Waals surface area contributed by atoms with Gasteiger partial charge in [-0.15, -0.1) is 0 Å². The Morgan fingerprint density at radius 3 is 2.77 bits per heavy atom. The smallest absolute Gasteiger partial charge is 0.345 e. The van der Waals surface area contributed by atoms with Crippen LogP contribution >= 0.6 is 0 Å². The lowest BCUT2D eigenvalue weighted by Crippen LogP contribution is -2.29. The molecule has 3 N–H and O–H groups in total. The van der Waals surface area contributed by atoms with Crippen LogP contribution in [0, 0.1) is 0 Å². The second-order valence-electron chi connectivity index (χ2n) is 4.97. The highest BCUT2D eigenvalue weighted by molar-refractivity contribution is 5.68. The van der Waals surface area contributed by atoms with Gasteiger partial charge >= 0.3 is 5.63 Å². The molecule has 1 aromatic heterocycles. The van der Waals surface area contributed by atoms with E-state index in [-0.39, 0.29) is 29.2 Å². The monoisotopic (exact) mass is 302 g/mol. The zero-order valence-corrected chi connectivity index (χ0v) is 11.5. The van der Waals surface area contributed by atoms with Crippen LogP contribution in [0.15, 0.2) is 39.5 Å². The second kappa shape index (κ2) is 5.67. The predicted octanol–water partition coefficient (Wildman–Crippen LogP) is 1.65. The molecule has 0 radical (unpaired) electrons. The van der Waals surface area contributed by atoms with E-state index in [2.05, 4.69) is 0 Å². The average Bonchev–Trinajstić information content (AvgIpc) is 2.44. The second-order valence-corrected chi connectivity index (χ2v) is 4.97. The van der Waals surface area contributed by atoms with Gasteiger partial charge in [0.25, 0.3) is 0 Å². The predicted molar refractivity (Wildman–Crippen MR) is 78.2 cm³/mol. The first-order valence-electron chi connectivity index (χ1n) is 6.71. The number of benzene rings is 1. The summed E-state index contributed by atoms with van der Waals surface area (Å²) in [5, 5.41) is 28.7. The van der Waals surface area contributed by atoms with Crippen molar-refractivity contribution in [3.05, 3.63) is 57.6 Å². The van der Waals surface area contributed by atoms with Crippen LogP contribution < -0.4 is 10.4 Å². The maximum Gasteiger partial charge on any atom is 0.345 e. The van der Waals surface area contributed by atoms with Crippen LogP contribution in [-0.2, 0) is 0 Å². The maximum atomic E-state index is 11.9. The highest BCUT2D eigenvalue weighted by atomic mass is 16.6. The van der Waals surface area contributed by atoms with Crippen LogP contribution in [0.5, 0.6) is 11.5 Å². The maximum absolute atomic E-state index is 11.9. The Morgan fingerprint density at radius 2 is 2.00 bits per heavy atom. The van der Waals surface area contributed by atoms with E-state index < -0.39 is 18.0 Å². The van der Waals surface area contributed by atoms with Gasteiger partial charge in [-0.3, -0.25) is 0 Å². The zero-order valence-electron chi connectivity index (χ0n) is 11.5. The van der Waals surface area contributed by atoms with E-state index in [9.17, 15) is 20.1 Å². The topological polar surface area (TPSA) is 100 Å². The van der Waals surface area contributed by atoms with Gasteiger partial charge in [0.1, 0.15) is 22.8 Å². The van der Waals surface area contributed by atoms with E-state index >= 15 is 0 Å². The molecule has 0 spiro atoms. The number of fused-ring (bicyclic) bond motifs is 1. The van der Waals surface area contributed by atoms with E-state index in [0.29, 0.717) is 0 Å². The molecule has 114 valence electrons. The highest BCUT2D eigenvalue weighted by Crippen LogP contribution is 2.32. The zero-order chi connectivity index (χ0) is 15.7. The lowest BCUT2D eigenvalue weighted by Gasteiger charge is -2.24. The van der Waals surface area contributed by atoms with Gasteiger partial charge < -0.3 is 24.5 Å². The molecule has 0 fully saturated rings. The lowest BCUT2D eigenvalue weighted by molar-refractivity contribution is -0.0693. The Kier molecular flexibility index (Phi) is 3.70. The molecule has 1 aliphatic heterocycles. The largest absolute Gasteiger partial charge is 0.508 e. The Hall–Kier alpha value is -2.57. The lowest BCUT2D eigenvalue weighted by atomic mass is 10.0.